The molecule has 2 amide bonds. The number of carbonyl (C=O) groups excluding carboxylic acids is 2. The Balaban J connectivity index is 2.63. The van der Waals surface area contributed by atoms with Crippen molar-refractivity contribution in [2.45, 2.75) is 39.8 Å². The SMILES string of the molecule is CCNC(=NCc1ccc(C(=O)NC)cc1)NCC(=O)NC(C)(C)C. The van der Waals surface area contributed by atoms with E-state index < -0.39 is 0 Å². The molecule has 0 aliphatic rings. The fraction of sp³-hybridized carbons (Fsp3) is 0.500. The Labute approximate surface area is 149 Å². The minimum absolute atomic E-state index is 0.0898. The third-order valence-electron chi connectivity index (χ3n) is 3.14. The lowest BCUT2D eigenvalue weighted by Crippen LogP contribution is -2.48. The Morgan fingerprint density at radius 1 is 1.08 bits per heavy atom. The number of carbonyl (C=O) groups is 2. The zero-order valence-corrected chi connectivity index (χ0v) is 15.7. The number of nitrogens with one attached hydrogen (secondary N) is 4. The van der Waals surface area contributed by atoms with Crippen molar-refractivity contribution in [1.29, 1.82) is 0 Å². The van der Waals surface area contributed by atoms with E-state index in [4.69, 9.17) is 0 Å². The molecule has 0 aliphatic heterocycles. The van der Waals surface area contributed by atoms with Crippen molar-refractivity contribution < 1.29 is 9.59 Å². The number of hydrogen-bond acceptors (Lipinski definition) is 3. The second-order valence-corrected chi connectivity index (χ2v) is 6.62. The summed E-state index contributed by atoms with van der Waals surface area (Å²) in [4.78, 5) is 27.9. The molecule has 0 aromatic heterocycles. The Hall–Kier alpha value is -2.57. The highest BCUT2D eigenvalue weighted by molar-refractivity contribution is 5.94. The van der Waals surface area contributed by atoms with Gasteiger partial charge in [-0.1, -0.05) is 12.1 Å². The van der Waals surface area contributed by atoms with Gasteiger partial charge >= 0.3 is 0 Å². The monoisotopic (exact) mass is 347 g/mol. The van der Waals surface area contributed by atoms with E-state index in [2.05, 4.69) is 26.3 Å². The van der Waals surface area contributed by atoms with Gasteiger partial charge in [0.05, 0.1) is 13.1 Å². The van der Waals surface area contributed by atoms with Crippen molar-refractivity contribution in [3.05, 3.63) is 35.4 Å². The molecule has 0 atom stereocenters. The van der Waals surface area contributed by atoms with Gasteiger partial charge in [0.25, 0.3) is 5.91 Å². The highest BCUT2D eigenvalue weighted by Crippen LogP contribution is 2.05. The molecule has 4 N–H and O–H groups in total. The van der Waals surface area contributed by atoms with Gasteiger partial charge in [0.1, 0.15) is 0 Å². The molecule has 138 valence electrons. The summed E-state index contributed by atoms with van der Waals surface area (Å²) in [7, 11) is 1.60. The van der Waals surface area contributed by atoms with E-state index in [1.165, 1.54) is 0 Å². The second kappa shape index (κ2) is 9.66. The smallest absolute Gasteiger partial charge is 0.251 e. The van der Waals surface area contributed by atoms with Gasteiger partial charge in [-0.25, -0.2) is 4.99 Å². The minimum Gasteiger partial charge on any atom is -0.357 e. The molecule has 1 rings (SSSR count). The van der Waals surface area contributed by atoms with Gasteiger partial charge in [0.2, 0.25) is 5.91 Å². The van der Waals surface area contributed by atoms with Crippen LogP contribution >= 0.6 is 0 Å². The zero-order chi connectivity index (χ0) is 18.9. The fourth-order valence-corrected chi connectivity index (χ4v) is 2.04. The van der Waals surface area contributed by atoms with Crippen LogP contribution in [0.5, 0.6) is 0 Å². The molecule has 25 heavy (non-hydrogen) atoms. The Bertz CT molecular complexity index is 603. The molecule has 1 aromatic rings. The van der Waals surface area contributed by atoms with Crippen LogP contribution in [0.25, 0.3) is 0 Å². The molecule has 0 aliphatic carbocycles. The lowest BCUT2D eigenvalue weighted by Gasteiger charge is -2.21. The third kappa shape index (κ3) is 8.19. The Morgan fingerprint density at radius 2 is 1.72 bits per heavy atom. The number of benzene rings is 1. The highest BCUT2D eigenvalue weighted by atomic mass is 16.2. The first kappa shape index (κ1) is 20.5. The van der Waals surface area contributed by atoms with Crippen LogP contribution in [0.15, 0.2) is 29.3 Å². The van der Waals surface area contributed by atoms with Crippen molar-refractivity contribution in [1.82, 2.24) is 21.3 Å². The van der Waals surface area contributed by atoms with Crippen molar-refractivity contribution in [2.75, 3.05) is 20.1 Å². The number of guanidine groups is 1. The summed E-state index contributed by atoms with van der Waals surface area (Å²) < 4.78 is 0. The number of amides is 2. The van der Waals surface area contributed by atoms with Gasteiger partial charge in [0.15, 0.2) is 5.96 Å². The Morgan fingerprint density at radius 3 is 2.24 bits per heavy atom. The fourth-order valence-electron chi connectivity index (χ4n) is 2.04. The predicted molar refractivity (Wildman–Crippen MR) is 101 cm³/mol. The first-order valence-electron chi connectivity index (χ1n) is 8.39. The molecule has 0 fully saturated rings. The summed E-state index contributed by atoms with van der Waals surface area (Å²) in [5, 5.41) is 11.6. The molecule has 0 unspecified atom stereocenters. The quantitative estimate of drug-likeness (QED) is 0.456. The van der Waals surface area contributed by atoms with Crippen LogP contribution in [0, 0.1) is 0 Å². The zero-order valence-electron chi connectivity index (χ0n) is 15.7. The third-order valence-corrected chi connectivity index (χ3v) is 3.14. The summed E-state index contributed by atoms with van der Waals surface area (Å²) in [6.45, 7) is 9.07. The maximum atomic E-state index is 11.9. The average molecular weight is 347 g/mol. The van der Waals surface area contributed by atoms with Crippen LogP contribution in [0.2, 0.25) is 0 Å². The number of hydrogen-bond donors (Lipinski definition) is 4. The summed E-state index contributed by atoms with van der Waals surface area (Å²) >= 11 is 0. The molecule has 0 saturated heterocycles. The van der Waals surface area contributed by atoms with Crippen LogP contribution in [0.4, 0.5) is 0 Å². The number of aliphatic imine (C=N–C) groups is 1. The van der Waals surface area contributed by atoms with E-state index in [1.807, 2.05) is 39.8 Å². The summed E-state index contributed by atoms with van der Waals surface area (Å²) in [5.41, 5.74) is 1.32. The van der Waals surface area contributed by atoms with E-state index >= 15 is 0 Å². The largest absolute Gasteiger partial charge is 0.357 e. The number of rotatable bonds is 6. The van der Waals surface area contributed by atoms with Crippen molar-refractivity contribution in [2.24, 2.45) is 4.99 Å². The van der Waals surface area contributed by atoms with E-state index in [0.29, 0.717) is 24.6 Å². The van der Waals surface area contributed by atoms with E-state index in [1.54, 1.807) is 19.2 Å². The van der Waals surface area contributed by atoms with E-state index in [9.17, 15) is 9.59 Å². The normalized spacial score (nSPS) is 11.6. The van der Waals surface area contributed by atoms with Crippen molar-refractivity contribution in [3.63, 3.8) is 0 Å². The van der Waals surface area contributed by atoms with Crippen LogP contribution in [0.1, 0.15) is 43.6 Å². The topological polar surface area (TPSA) is 94.6 Å². The average Bonchev–Trinajstić information content (AvgIpc) is 2.55. The van der Waals surface area contributed by atoms with Crippen LogP contribution in [0.3, 0.4) is 0 Å². The van der Waals surface area contributed by atoms with E-state index in [-0.39, 0.29) is 23.9 Å². The minimum atomic E-state index is -0.263. The molecular weight excluding hydrogens is 318 g/mol. The Kier molecular flexibility index (Phi) is 7.91. The molecule has 0 spiro atoms. The molecule has 7 nitrogen and oxygen atoms in total. The molecular formula is C18H29N5O2. The van der Waals surface area contributed by atoms with Gasteiger partial charge < -0.3 is 21.3 Å². The predicted octanol–water partition coefficient (Wildman–Crippen LogP) is 1.02. The maximum Gasteiger partial charge on any atom is 0.251 e. The van der Waals surface area contributed by atoms with Gasteiger partial charge in [-0.2, -0.15) is 0 Å². The first-order valence-corrected chi connectivity index (χ1v) is 8.39. The van der Waals surface area contributed by atoms with Gasteiger partial charge in [-0.05, 0) is 45.4 Å². The summed E-state index contributed by atoms with van der Waals surface area (Å²) in [6, 6.07) is 7.26. The molecule has 0 heterocycles. The molecule has 1 aromatic carbocycles. The van der Waals surface area contributed by atoms with Crippen LogP contribution in [-0.2, 0) is 11.3 Å². The first-order chi connectivity index (χ1) is 11.7. The van der Waals surface area contributed by atoms with Crippen molar-refractivity contribution >= 4 is 17.8 Å². The summed E-state index contributed by atoms with van der Waals surface area (Å²) in [5.74, 6) is 0.366. The lowest BCUT2D eigenvalue weighted by molar-refractivity contribution is -0.121. The van der Waals surface area contributed by atoms with Crippen LogP contribution < -0.4 is 21.3 Å². The molecule has 0 bridgehead atoms. The molecule has 7 heteroatoms. The second-order valence-electron chi connectivity index (χ2n) is 6.62. The standard InChI is InChI=1S/C18H29N5O2/c1-6-20-17(22-12-15(24)23-18(2,3)4)21-11-13-7-9-14(10-8-13)16(25)19-5/h7-10H,6,11-12H2,1-5H3,(H,19,25)(H,23,24)(H2,20,21,22). The highest BCUT2D eigenvalue weighted by Gasteiger charge is 2.13. The lowest BCUT2D eigenvalue weighted by atomic mass is 10.1. The van der Waals surface area contributed by atoms with Crippen LogP contribution in [-0.4, -0.2) is 43.5 Å². The van der Waals surface area contributed by atoms with Gasteiger partial charge in [0, 0.05) is 24.7 Å². The summed E-state index contributed by atoms with van der Waals surface area (Å²) in [6.07, 6.45) is 0. The van der Waals surface area contributed by atoms with Gasteiger partial charge in [-0.15, -0.1) is 0 Å². The molecule has 0 saturated carbocycles. The van der Waals surface area contributed by atoms with Gasteiger partial charge in [-0.3, -0.25) is 9.59 Å². The molecule has 0 radical (unpaired) electrons. The van der Waals surface area contributed by atoms with E-state index in [0.717, 1.165) is 5.56 Å². The number of nitrogens with zero attached hydrogens (tertiary/aromatic N) is 1. The van der Waals surface area contributed by atoms with Crippen molar-refractivity contribution in [3.8, 4) is 0 Å². The maximum absolute atomic E-state index is 11.9.